The van der Waals surface area contributed by atoms with E-state index in [1.807, 2.05) is 23.9 Å². The maximum Gasteiger partial charge on any atom is 0.225 e. The topological polar surface area (TPSA) is 17.8 Å². The lowest BCUT2D eigenvalue weighted by Crippen LogP contribution is -2.44. The van der Waals surface area contributed by atoms with Gasteiger partial charge in [-0.1, -0.05) is 136 Å². The normalized spacial score (nSPS) is 13.3. The molecule has 0 amide bonds. The van der Waals surface area contributed by atoms with Crippen LogP contribution in [0.15, 0.2) is 48.2 Å². The molecule has 2 unspecified atom stereocenters. The third kappa shape index (κ3) is 10.5. The molecule has 1 aromatic carbocycles. The quantitative estimate of drug-likeness (QED) is 0.190. The van der Waals surface area contributed by atoms with E-state index in [2.05, 4.69) is 121 Å². The van der Waals surface area contributed by atoms with Gasteiger partial charge in [0.25, 0.3) is 0 Å². The lowest BCUT2D eigenvalue weighted by molar-refractivity contribution is 0.305. The van der Waals surface area contributed by atoms with E-state index in [0.29, 0.717) is 12.5 Å². The Morgan fingerprint density at radius 1 is 0.975 bits per heavy atom. The molecule has 4 heteroatoms. The van der Waals surface area contributed by atoms with Gasteiger partial charge < -0.3 is 4.57 Å². The zero-order valence-corrected chi connectivity index (χ0v) is 28.6. The fraction of sp³-hybridized carbons (Fsp3) is 0.639. The minimum atomic E-state index is 0.237. The maximum atomic E-state index is 4.32. The summed E-state index contributed by atoms with van der Waals surface area (Å²) >= 11 is 1.93. The molecule has 2 heterocycles. The summed E-state index contributed by atoms with van der Waals surface area (Å²) in [7, 11) is 0. The van der Waals surface area contributed by atoms with Crippen molar-refractivity contribution in [3.63, 3.8) is 0 Å². The molecule has 0 bridgehead atoms. The number of hydrogen-bond donors (Lipinski definition) is 0. The molecule has 222 valence electrons. The highest BCUT2D eigenvalue weighted by molar-refractivity contribution is 7.24. The van der Waals surface area contributed by atoms with Crippen molar-refractivity contribution in [1.29, 1.82) is 0 Å². The molecular weight excluding hydrogens is 503 g/mol. The fourth-order valence-corrected chi connectivity index (χ4v) is 7.43. The van der Waals surface area contributed by atoms with Gasteiger partial charge in [-0.3, -0.25) is 0 Å². The van der Waals surface area contributed by atoms with Gasteiger partial charge in [0.2, 0.25) is 6.71 Å². The second-order valence-electron chi connectivity index (χ2n) is 13.8. The average Bonchev–Trinajstić information content (AvgIpc) is 3.54. The Balaban J connectivity index is 0.000000282. The second-order valence-corrected chi connectivity index (χ2v) is 14.7. The van der Waals surface area contributed by atoms with Gasteiger partial charge in [0, 0.05) is 18.4 Å². The number of aryl methyl sites for hydroxylation is 2. The third-order valence-electron chi connectivity index (χ3n) is 8.18. The Labute approximate surface area is 252 Å². The molecule has 0 fully saturated rings. The van der Waals surface area contributed by atoms with Gasteiger partial charge in [0.1, 0.15) is 0 Å². The molecule has 0 spiro atoms. The van der Waals surface area contributed by atoms with E-state index in [0.717, 1.165) is 37.1 Å². The first kappa shape index (κ1) is 34.4. The first-order valence-electron chi connectivity index (χ1n) is 16.1. The van der Waals surface area contributed by atoms with E-state index >= 15 is 0 Å². The Morgan fingerprint density at radius 3 is 2.23 bits per heavy atom. The summed E-state index contributed by atoms with van der Waals surface area (Å²) in [4.78, 5) is 4.32. The fourth-order valence-electron chi connectivity index (χ4n) is 6.01. The van der Waals surface area contributed by atoms with Crippen molar-refractivity contribution in [2.45, 2.75) is 132 Å². The number of imidazole rings is 1. The molecule has 2 aromatic heterocycles. The van der Waals surface area contributed by atoms with Crippen molar-refractivity contribution < 1.29 is 0 Å². The zero-order valence-electron chi connectivity index (χ0n) is 27.8. The van der Waals surface area contributed by atoms with Gasteiger partial charge in [-0.2, -0.15) is 11.3 Å². The zero-order chi connectivity index (χ0) is 29.9. The molecule has 0 aliphatic carbocycles. The van der Waals surface area contributed by atoms with Crippen LogP contribution in [0.5, 0.6) is 0 Å². The highest BCUT2D eigenvalue weighted by Crippen LogP contribution is 2.25. The highest BCUT2D eigenvalue weighted by atomic mass is 32.1. The molecule has 3 rings (SSSR count). The summed E-state index contributed by atoms with van der Waals surface area (Å²) in [5.74, 6) is 3.06. The van der Waals surface area contributed by atoms with E-state index in [1.54, 1.807) is 0 Å². The highest BCUT2D eigenvalue weighted by Gasteiger charge is 2.28. The van der Waals surface area contributed by atoms with E-state index in [4.69, 9.17) is 0 Å². The van der Waals surface area contributed by atoms with Gasteiger partial charge in [-0.15, -0.1) is 0 Å². The molecule has 0 aliphatic heterocycles. The van der Waals surface area contributed by atoms with Crippen LogP contribution >= 0.6 is 11.3 Å². The van der Waals surface area contributed by atoms with Gasteiger partial charge in [-0.25, -0.2) is 4.98 Å². The van der Waals surface area contributed by atoms with Crippen LogP contribution in [0.1, 0.15) is 119 Å². The number of thiophene rings is 1. The lowest BCUT2D eigenvalue weighted by atomic mass is 9.36. The minimum Gasteiger partial charge on any atom is -0.334 e. The first-order chi connectivity index (χ1) is 18.9. The summed E-state index contributed by atoms with van der Waals surface area (Å²) < 4.78 is 3.88. The van der Waals surface area contributed by atoms with Gasteiger partial charge >= 0.3 is 0 Å². The Hall–Kier alpha value is -1.81. The van der Waals surface area contributed by atoms with Crippen molar-refractivity contribution in [1.82, 2.24) is 9.55 Å². The Kier molecular flexibility index (Phi) is 14.3. The molecule has 0 aliphatic rings. The largest absolute Gasteiger partial charge is 0.334 e. The predicted octanol–water partition coefficient (Wildman–Crippen LogP) is 9.56. The average molecular weight is 563 g/mol. The van der Waals surface area contributed by atoms with Crippen LogP contribution in [0.4, 0.5) is 0 Å². The van der Waals surface area contributed by atoms with Crippen LogP contribution in [-0.2, 0) is 24.8 Å². The molecule has 2 nitrogen and oxygen atoms in total. The lowest BCUT2D eigenvalue weighted by Gasteiger charge is -2.22. The van der Waals surface area contributed by atoms with Crippen LogP contribution in [-0.4, -0.2) is 16.3 Å². The SMILES string of the molecule is CCCc1cncn1CC(CC)CC(C)CC(C)C.CCc1ccccc1B(c1cc(C(C)(C)C)cs1)C(C)C. The van der Waals surface area contributed by atoms with Crippen molar-refractivity contribution in [2.75, 3.05) is 0 Å². The molecule has 40 heavy (non-hydrogen) atoms. The second kappa shape index (κ2) is 16.6. The monoisotopic (exact) mass is 562 g/mol. The standard InChI is InChI=1S/C19H27BS.C17H32N2/c1-7-15-10-8-9-11-17(15)20(14(2)3)18-12-16(13-21-18)19(4,5)6;1-6-8-17-11-18-13-19(17)12-16(7-2)10-15(5)9-14(3)4/h8-14H,7H2,1-6H3;11,13-16H,6-10,12H2,1-5H3. The smallest absolute Gasteiger partial charge is 0.225 e. The maximum absolute atomic E-state index is 4.32. The Bertz CT molecular complexity index is 1100. The molecule has 0 saturated carbocycles. The van der Waals surface area contributed by atoms with Crippen molar-refractivity contribution in [2.24, 2.45) is 17.8 Å². The van der Waals surface area contributed by atoms with Crippen molar-refractivity contribution >= 4 is 28.3 Å². The first-order valence-corrected chi connectivity index (χ1v) is 16.9. The molecule has 0 saturated heterocycles. The summed E-state index contributed by atoms with van der Waals surface area (Å²) in [5, 5.41) is 2.35. The molecule has 2 atom stereocenters. The summed E-state index contributed by atoms with van der Waals surface area (Å²) in [5.41, 5.74) is 6.10. The molecule has 0 radical (unpaired) electrons. The summed E-state index contributed by atoms with van der Waals surface area (Å²) in [6.07, 6.45) is 11.5. The predicted molar refractivity (Wildman–Crippen MR) is 182 cm³/mol. The van der Waals surface area contributed by atoms with Crippen LogP contribution in [0, 0.1) is 17.8 Å². The third-order valence-corrected chi connectivity index (χ3v) is 9.19. The van der Waals surface area contributed by atoms with Crippen molar-refractivity contribution in [3.05, 3.63) is 65.1 Å². The van der Waals surface area contributed by atoms with Gasteiger partial charge in [0.15, 0.2) is 0 Å². The van der Waals surface area contributed by atoms with E-state index < -0.39 is 0 Å². The molecule has 0 N–H and O–H groups in total. The summed E-state index contributed by atoms with van der Waals surface area (Å²) in [6, 6.07) is 11.4. The van der Waals surface area contributed by atoms with Crippen LogP contribution < -0.4 is 10.2 Å². The molecular formula is C36H59BN2S. The Morgan fingerprint density at radius 2 is 1.68 bits per heavy atom. The van der Waals surface area contributed by atoms with Crippen molar-refractivity contribution in [3.8, 4) is 0 Å². The number of hydrogen-bond acceptors (Lipinski definition) is 2. The number of aromatic nitrogens is 2. The number of rotatable bonds is 13. The molecule has 3 aromatic rings. The number of benzene rings is 1. The van der Waals surface area contributed by atoms with E-state index in [9.17, 15) is 0 Å². The van der Waals surface area contributed by atoms with Crippen LogP contribution in [0.25, 0.3) is 0 Å². The summed E-state index contributed by atoms with van der Waals surface area (Å²) in [6.45, 7) is 27.1. The van der Waals surface area contributed by atoms with Gasteiger partial charge in [-0.05, 0) is 64.6 Å². The van der Waals surface area contributed by atoms with Crippen LogP contribution in [0.3, 0.4) is 0 Å². The van der Waals surface area contributed by atoms with E-state index in [1.165, 1.54) is 52.7 Å². The minimum absolute atomic E-state index is 0.237. The number of nitrogens with zero attached hydrogens (tertiary/aromatic N) is 2. The van der Waals surface area contributed by atoms with E-state index in [-0.39, 0.29) is 5.41 Å². The van der Waals surface area contributed by atoms with Gasteiger partial charge in [0.05, 0.1) is 6.33 Å². The van der Waals surface area contributed by atoms with Crippen LogP contribution in [0.2, 0.25) is 5.82 Å².